The first-order valence-electron chi connectivity index (χ1n) is 10.2. The average molecular weight is 456 g/mol. The fourth-order valence-corrected chi connectivity index (χ4v) is 2.31. The molecule has 0 aliphatic rings. The number of aliphatic hydroxyl groups is 3. The van der Waals surface area contributed by atoms with Gasteiger partial charge in [-0.15, -0.1) is 0 Å². The molecule has 180 valence electrons. The number of hydrogen-bond donors (Lipinski definition) is 3. The van der Waals surface area contributed by atoms with E-state index in [9.17, 15) is 9.59 Å². The van der Waals surface area contributed by atoms with Crippen molar-refractivity contribution in [1.82, 2.24) is 4.90 Å². The van der Waals surface area contributed by atoms with Crippen LogP contribution in [0.3, 0.4) is 0 Å². The van der Waals surface area contributed by atoms with Crippen LogP contribution in [-0.2, 0) is 23.8 Å². The highest BCUT2D eigenvalue weighted by Crippen LogP contribution is 2.23. The van der Waals surface area contributed by atoms with Crippen LogP contribution in [0.25, 0.3) is 0 Å². The van der Waals surface area contributed by atoms with Gasteiger partial charge in [0.05, 0.1) is 70.8 Å². The SMILES string of the molecule is Cc1ccc(N=C=O)cc1N=C=O.OCCOCCN(CCOCCO)CCOCCO. The van der Waals surface area contributed by atoms with Crippen molar-refractivity contribution in [2.75, 3.05) is 79.1 Å². The molecule has 0 aromatic heterocycles. The minimum atomic E-state index is 0.0270. The quantitative estimate of drug-likeness (QED) is 0.170. The van der Waals surface area contributed by atoms with Crippen molar-refractivity contribution < 1.29 is 39.1 Å². The molecule has 1 rings (SSSR count). The Bertz CT molecular complexity index is 663. The van der Waals surface area contributed by atoms with Crippen LogP contribution in [0.4, 0.5) is 11.4 Å². The van der Waals surface area contributed by atoms with Gasteiger partial charge in [0.15, 0.2) is 0 Å². The second-order valence-corrected chi connectivity index (χ2v) is 6.23. The molecule has 0 spiro atoms. The normalized spacial score (nSPS) is 10.2. The predicted octanol–water partition coefficient (Wildman–Crippen LogP) is 0.245. The molecule has 0 aliphatic carbocycles. The predicted molar refractivity (Wildman–Crippen MR) is 117 cm³/mol. The van der Waals surface area contributed by atoms with Crippen LogP contribution in [0.5, 0.6) is 0 Å². The van der Waals surface area contributed by atoms with E-state index in [-0.39, 0.29) is 19.8 Å². The first kappa shape index (κ1) is 29.7. The Morgan fingerprint density at radius 2 is 1.25 bits per heavy atom. The number of nitrogens with zero attached hydrogens (tertiary/aromatic N) is 3. The summed E-state index contributed by atoms with van der Waals surface area (Å²) < 4.78 is 15.6. The highest BCUT2D eigenvalue weighted by atomic mass is 16.5. The molecule has 0 fully saturated rings. The highest BCUT2D eigenvalue weighted by molar-refractivity contribution is 5.61. The molecule has 0 amide bonds. The monoisotopic (exact) mass is 455 g/mol. The summed E-state index contributed by atoms with van der Waals surface area (Å²) in [6.45, 7) is 6.71. The number of rotatable bonds is 17. The van der Waals surface area contributed by atoms with Crippen LogP contribution in [0.1, 0.15) is 5.56 Å². The maximum absolute atomic E-state index is 10.00. The summed E-state index contributed by atoms with van der Waals surface area (Å²) in [5.74, 6) is 0. The first-order chi connectivity index (χ1) is 15.6. The molecule has 0 saturated carbocycles. The Kier molecular flexibility index (Phi) is 20.3. The van der Waals surface area contributed by atoms with E-state index in [0.717, 1.165) is 25.2 Å². The number of hydrogen-bond acceptors (Lipinski definition) is 11. The van der Waals surface area contributed by atoms with Crippen LogP contribution in [0, 0.1) is 6.92 Å². The summed E-state index contributed by atoms with van der Waals surface area (Å²) in [7, 11) is 0. The molecule has 0 heterocycles. The Balaban J connectivity index is 0.000000641. The molecule has 11 heteroatoms. The van der Waals surface area contributed by atoms with E-state index in [4.69, 9.17) is 29.5 Å². The van der Waals surface area contributed by atoms with E-state index in [1.165, 1.54) is 18.2 Å². The van der Waals surface area contributed by atoms with Crippen molar-refractivity contribution in [2.24, 2.45) is 9.98 Å². The highest BCUT2D eigenvalue weighted by Gasteiger charge is 2.05. The zero-order valence-corrected chi connectivity index (χ0v) is 18.4. The van der Waals surface area contributed by atoms with Crippen molar-refractivity contribution in [3.8, 4) is 0 Å². The van der Waals surface area contributed by atoms with Crippen molar-refractivity contribution in [3.05, 3.63) is 23.8 Å². The molecular formula is C21H33N3O8. The second-order valence-electron chi connectivity index (χ2n) is 6.23. The topological polar surface area (TPSA) is 150 Å². The van der Waals surface area contributed by atoms with Crippen molar-refractivity contribution >= 4 is 23.5 Å². The third kappa shape index (κ3) is 16.4. The van der Waals surface area contributed by atoms with E-state index >= 15 is 0 Å². The molecule has 0 saturated heterocycles. The van der Waals surface area contributed by atoms with Crippen molar-refractivity contribution in [2.45, 2.75) is 6.92 Å². The number of aliphatic imine (C=N–C) groups is 2. The van der Waals surface area contributed by atoms with Gasteiger partial charge in [-0.3, -0.25) is 4.90 Å². The van der Waals surface area contributed by atoms with Crippen molar-refractivity contribution in [3.63, 3.8) is 0 Å². The van der Waals surface area contributed by atoms with Gasteiger partial charge >= 0.3 is 0 Å². The van der Waals surface area contributed by atoms with E-state index in [1.54, 1.807) is 19.1 Å². The molecule has 32 heavy (non-hydrogen) atoms. The summed E-state index contributed by atoms with van der Waals surface area (Å²) in [6.07, 6.45) is 2.84. The Morgan fingerprint density at radius 1 is 0.781 bits per heavy atom. The zero-order chi connectivity index (χ0) is 23.9. The van der Waals surface area contributed by atoms with Crippen LogP contribution in [0.2, 0.25) is 0 Å². The van der Waals surface area contributed by atoms with Gasteiger partial charge in [0.25, 0.3) is 0 Å². The summed E-state index contributed by atoms with van der Waals surface area (Å²) in [6, 6.07) is 4.88. The molecule has 1 aromatic rings. The van der Waals surface area contributed by atoms with E-state index < -0.39 is 0 Å². The van der Waals surface area contributed by atoms with Crippen molar-refractivity contribution in [1.29, 1.82) is 0 Å². The van der Waals surface area contributed by atoms with Gasteiger partial charge in [-0.2, -0.15) is 9.98 Å². The standard InChI is InChI=1S/C12H27NO6.C9H6N2O2/c14-4-10-17-7-1-13(2-8-18-11-5-15)3-9-19-12-6-16;1-7-2-3-8(10-5-12)4-9(7)11-6-13/h14-16H,1-12H2;2-4H,1H3. The lowest BCUT2D eigenvalue weighted by Crippen LogP contribution is -2.34. The number of benzene rings is 1. The third-order valence-electron chi connectivity index (χ3n) is 3.90. The minimum Gasteiger partial charge on any atom is -0.394 e. The molecule has 0 aliphatic heterocycles. The van der Waals surface area contributed by atoms with E-state index in [0.29, 0.717) is 51.0 Å². The molecule has 3 N–H and O–H groups in total. The van der Waals surface area contributed by atoms with Gasteiger partial charge in [-0.1, -0.05) is 6.07 Å². The molecule has 0 bridgehead atoms. The average Bonchev–Trinajstić information content (AvgIpc) is 2.79. The van der Waals surface area contributed by atoms with E-state index in [2.05, 4.69) is 14.9 Å². The first-order valence-corrected chi connectivity index (χ1v) is 10.2. The van der Waals surface area contributed by atoms with Crippen LogP contribution < -0.4 is 0 Å². The maximum atomic E-state index is 10.00. The second kappa shape index (κ2) is 21.9. The fraction of sp³-hybridized carbons (Fsp3) is 0.619. The molecule has 0 unspecified atom stereocenters. The summed E-state index contributed by atoms with van der Waals surface area (Å²) in [5, 5.41) is 25.8. The summed E-state index contributed by atoms with van der Waals surface area (Å²) in [4.78, 5) is 28.9. The largest absolute Gasteiger partial charge is 0.394 e. The summed E-state index contributed by atoms with van der Waals surface area (Å²) >= 11 is 0. The molecule has 11 nitrogen and oxygen atoms in total. The number of ether oxygens (including phenoxy) is 3. The van der Waals surface area contributed by atoms with Crippen LogP contribution >= 0.6 is 0 Å². The van der Waals surface area contributed by atoms with Gasteiger partial charge in [0.1, 0.15) is 0 Å². The van der Waals surface area contributed by atoms with Gasteiger partial charge in [0, 0.05) is 19.6 Å². The van der Waals surface area contributed by atoms with E-state index in [1.807, 2.05) is 0 Å². The number of carbonyl (C=O) groups excluding carboxylic acids is 2. The molecule has 0 radical (unpaired) electrons. The van der Waals surface area contributed by atoms with Gasteiger partial charge in [-0.25, -0.2) is 9.59 Å². The lowest BCUT2D eigenvalue weighted by molar-refractivity contribution is 0.0325. The zero-order valence-electron chi connectivity index (χ0n) is 18.4. The van der Waals surface area contributed by atoms with Crippen LogP contribution in [-0.4, -0.2) is 111 Å². The van der Waals surface area contributed by atoms with Gasteiger partial charge in [0.2, 0.25) is 12.2 Å². The fourth-order valence-electron chi connectivity index (χ4n) is 2.31. The van der Waals surface area contributed by atoms with Gasteiger partial charge in [-0.05, 0) is 24.6 Å². The smallest absolute Gasteiger partial charge is 0.240 e. The molecular weight excluding hydrogens is 422 g/mol. The number of aliphatic hydroxyl groups excluding tert-OH is 3. The Hall–Kier alpha value is -2.30. The lowest BCUT2D eigenvalue weighted by Gasteiger charge is -2.22. The number of isocyanates is 2. The van der Waals surface area contributed by atoms with Crippen LogP contribution in [0.15, 0.2) is 28.2 Å². The Labute approximate surface area is 188 Å². The third-order valence-corrected chi connectivity index (χ3v) is 3.90. The summed E-state index contributed by atoms with van der Waals surface area (Å²) in [5.41, 5.74) is 1.72. The number of aryl methyl sites for hydroxylation is 1. The molecule has 1 aromatic carbocycles. The lowest BCUT2D eigenvalue weighted by atomic mass is 10.2. The Morgan fingerprint density at radius 3 is 1.66 bits per heavy atom. The molecule has 0 atom stereocenters. The minimum absolute atomic E-state index is 0.0270. The maximum Gasteiger partial charge on any atom is 0.240 e. The van der Waals surface area contributed by atoms with Gasteiger partial charge < -0.3 is 29.5 Å².